The zero-order valence-corrected chi connectivity index (χ0v) is 16.3. The Kier molecular flexibility index (Phi) is 6.80. The van der Waals surface area contributed by atoms with Gasteiger partial charge in [0.2, 0.25) is 15.9 Å². The number of hydrogen-bond acceptors (Lipinski definition) is 3. The fourth-order valence-corrected chi connectivity index (χ4v) is 3.13. The number of carbonyl (C=O) groups excluding carboxylic acids is 1. The van der Waals surface area contributed by atoms with E-state index in [1.807, 2.05) is 25.1 Å². The summed E-state index contributed by atoms with van der Waals surface area (Å²) < 4.78 is 24.3. The molecule has 2 aromatic carbocycles. The molecule has 2 rings (SSSR count). The average molecular weight is 375 g/mol. The summed E-state index contributed by atoms with van der Waals surface area (Å²) in [6, 6.07) is 17.3. The summed E-state index contributed by atoms with van der Waals surface area (Å²) in [7, 11) is -1.78. The van der Waals surface area contributed by atoms with Gasteiger partial charge in [0, 0.05) is 13.1 Å². The standard InChI is InChI=1S/C20H26N2O3S/c1-16(9-10-17-7-5-4-6-8-17)21-20(23)15-18-11-13-19(14-12-18)22(2)26(3,24)25/h4-8,11-14,16H,9-10,15H2,1-3H3,(H,21,23)/t16-/m0/s1. The van der Waals surface area contributed by atoms with E-state index >= 15 is 0 Å². The molecule has 2 aromatic rings. The minimum Gasteiger partial charge on any atom is -0.353 e. The second-order valence-electron chi connectivity index (χ2n) is 6.57. The van der Waals surface area contributed by atoms with Crippen LogP contribution in [0.25, 0.3) is 0 Å². The predicted molar refractivity (Wildman–Crippen MR) is 106 cm³/mol. The Balaban J connectivity index is 1.83. The van der Waals surface area contributed by atoms with E-state index in [-0.39, 0.29) is 18.4 Å². The largest absolute Gasteiger partial charge is 0.353 e. The molecule has 1 N–H and O–H groups in total. The van der Waals surface area contributed by atoms with Crippen LogP contribution in [0.15, 0.2) is 54.6 Å². The van der Waals surface area contributed by atoms with Crippen LogP contribution in [0, 0.1) is 0 Å². The van der Waals surface area contributed by atoms with Crippen molar-refractivity contribution in [2.45, 2.75) is 32.2 Å². The average Bonchev–Trinajstić information content (AvgIpc) is 2.60. The number of amides is 1. The second-order valence-corrected chi connectivity index (χ2v) is 8.58. The summed E-state index contributed by atoms with van der Waals surface area (Å²) in [6.07, 6.45) is 3.24. The summed E-state index contributed by atoms with van der Waals surface area (Å²) in [5, 5.41) is 3.02. The number of carbonyl (C=O) groups is 1. The Morgan fingerprint density at radius 1 is 1.04 bits per heavy atom. The van der Waals surface area contributed by atoms with E-state index in [1.165, 1.54) is 16.9 Å². The Morgan fingerprint density at radius 2 is 1.65 bits per heavy atom. The molecule has 140 valence electrons. The maximum absolute atomic E-state index is 12.2. The molecule has 0 heterocycles. The van der Waals surface area contributed by atoms with Crippen LogP contribution in [0.3, 0.4) is 0 Å². The van der Waals surface area contributed by atoms with Gasteiger partial charge in [-0.05, 0) is 43.0 Å². The zero-order chi connectivity index (χ0) is 19.2. The molecule has 1 amide bonds. The van der Waals surface area contributed by atoms with E-state index in [1.54, 1.807) is 24.3 Å². The molecule has 0 aliphatic rings. The van der Waals surface area contributed by atoms with Gasteiger partial charge in [0.1, 0.15) is 0 Å². The van der Waals surface area contributed by atoms with Crippen LogP contribution < -0.4 is 9.62 Å². The molecular weight excluding hydrogens is 348 g/mol. The summed E-state index contributed by atoms with van der Waals surface area (Å²) in [5.41, 5.74) is 2.69. The Hall–Kier alpha value is -2.34. The Bertz CT molecular complexity index is 818. The summed E-state index contributed by atoms with van der Waals surface area (Å²) in [4.78, 5) is 12.2. The van der Waals surface area contributed by atoms with Gasteiger partial charge in [-0.15, -0.1) is 0 Å². The lowest BCUT2D eigenvalue weighted by molar-refractivity contribution is -0.121. The third-order valence-corrected chi connectivity index (χ3v) is 5.48. The van der Waals surface area contributed by atoms with Crippen molar-refractivity contribution in [3.63, 3.8) is 0 Å². The van der Waals surface area contributed by atoms with Gasteiger partial charge in [0.15, 0.2) is 0 Å². The van der Waals surface area contributed by atoms with E-state index < -0.39 is 10.0 Å². The molecule has 26 heavy (non-hydrogen) atoms. The van der Waals surface area contributed by atoms with E-state index in [0.717, 1.165) is 24.7 Å². The van der Waals surface area contributed by atoms with Crippen molar-refractivity contribution >= 4 is 21.6 Å². The molecule has 5 nitrogen and oxygen atoms in total. The van der Waals surface area contributed by atoms with Gasteiger partial charge < -0.3 is 5.32 Å². The molecule has 1 atom stereocenters. The van der Waals surface area contributed by atoms with Crippen LogP contribution in [-0.4, -0.2) is 33.7 Å². The number of anilines is 1. The number of aryl methyl sites for hydroxylation is 1. The minimum absolute atomic E-state index is 0.0326. The maximum atomic E-state index is 12.2. The monoisotopic (exact) mass is 374 g/mol. The van der Waals surface area contributed by atoms with Gasteiger partial charge in [-0.3, -0.25) is 9.10 Å². The van der Waals surface area contributed by atoms with Gasteiger partial charge >= 0.3 is 0 Å². The molecule has 0 radical (unpaired) electrons. The van der Waals surface area contributed by atoms with E-state index in [4.69, 9.17) is 0 Å². The fraction of sp³-hybridized carbons (Fsp3) is 0.350. The lowest BCUT2D eigenvalue weighted by Crippen LogP contribution is -2.34. The molecule has 0 aliphatic heterocycles. The molecule has 0 saturated carbocycles. The number of sulfonamides is 1. The highest BCUT2D eigenvalue weighted by Crippen LogP contribution is 2.16. The fourth-order valence-electron chi connectivity index (χ4n) is 2.63. The molecular formula is C20H26N2O3S. The third kappa shape index (κ3) is 6.19. The third-order valence-electron chi connectivity index (χ3n) is 4.28. The zero-order valence-electron chi connectivity index (χ0n) is 15.5. The number of benzene rings is 2. The van der Waals surface area contributed by atoms with Gasteiger partial charge in [0.05, 0.1) is 18.4 Å². The number of nitrogens with zero attached hydrogens (tertiary/aromatic N) is 1. The van der Waals surface area contributed by atoms with Crippen molar-refractivity contribution in [1.82, 2.24) is 5.32 Å². The van der Waals surface area contributed by atoms with E-state index in [9.17, 15) is 13.2 Å². The van der Waals surface area contributed by atoms with Gasteiger partial charge in [-0.1, -0.05) is 42.5 Å². The SMILES string of the molecule is C[C@@H](CCc1ccccc1)NC(=O)Cc1ccc(N(C)S(C)(=O)=O)cc1. The summed E-state index contributed by atoms with van der Waals surface area (Å²) >= 11 is 0. The minimum atomic E-state index is -3.28. The smallest absolute Gasteiger partial charge is 0.231 e. The van der Waals surface area contributed by atoms with Crippen molar-refractivity contribution in [3.8, 4) is 0 Å². The van der Waals surface area contributed by atoms with Gasteiger partial charge in [-0.2, -0.15) is 0 Å². The molecule has 0 aromatic heterocycles. The summed E-state index contributed by atoms with van der Waals surface area (Å²) in [5.74, 6) is -0.0326. The van der Waals surface area contributed by atoms with Crippen LogP contribution in [0.2, 0.25) is 0 Å². The molecule has 0 fully saturated rings. The molecule has 0 aliphatic carbocycles. The quantitative estimate of drug-likeness (QED) is 0.773. The first-order chi connectivity index (χ1) is 12.3. The predicted octanol–water partition coefficient (Wildman–Crippen LogP) is 2.76. The van der Waals surface area contributed by atoms with E-state index in [0.29, 0.717) is 5.69 Å². The highest BCUT2D eigenvalue weighted by Gasteiger charge is 2.12. The number of nitrogens with one attached hydrogen (secondary N) is 1. The van der Waals surface area contributed by atoms with Crippen LogP contribution in [0.4, 0.5) is 5.69 Å². The highest BCUT2D eigenvalue weighted by molar-refractivity contribution is 7.92. The van der Waals surface area contributed by atoms with Crippen molar-refractivity contribution in [3.05, 3.63) is 65.7 Å². The lowest BCUT2D eigenvalue weighted by Gasteiger charge is -2.17. The maximum Gasteiger partial charge on any atom is 0.231 e. The topological polar surface area (TPSA) is 66.5 Å². The van der Waals surface area contributed by atoms with E-state index in [2.05, 4.69) is 17.4 Å². The molecule has 0 bridgehead atoms. The first-order valence-corrected chi connectivity index (χ1v) is 10.5. The molecule has 0 saturated heterocycles. The second kappa shape index (κ2) is 8.85. The Labute approximate surface area is 156 Å². The lowest BCUT2D eigenvalue weighted by atomic mass is 10.1. The normalized spacial score (nSPS) is 12.4. The number of rotatable bonds is 8. The molecule has 0 spiro atoms. The Morgan fingerprint density at radius 3 is 2.23 bits per heavy atom. The van der Waals surface area contributed by atoms with Crippen LogP contribution >= 0.6 is 0 Å². The van der Waals surface area contributed by atoms with Crippen molar-refractivity contribution < 1.29 is 13.2 Å². The van der Waals surface area contributed by atoms with Crippen molar-refractivity contribution in [1.29, 1.82) is 0 Å². The van der Waals surface area contributed by atoms with Crippen molar-refractivity contribution in [2.75, 3.05) is 17.6 Å². The highest BCUT2D eigenvalue weighted by atomic mass is 32.2. The number of hydrogen-bond donors (Lipinski definition) is 1. The van der Waals surface area contributed by atoms with Gasteiger partial charge in [0.25, 0.3) is 0 Å². The van der Waals surface area contributed by atoms with Crippen molar-refractivity contribution in [2.24, 2.45) is 0 Å². The van der Waals surface area contributed by atoms with Crippen LogP contribution in [0.5, 0.6) is 0 Å². The first-order valence-electron chi connectivity index (χ1n) is 8.62. The molecule has 0 unspecified atom stereocenters. The first kappa shape index (κ1) is 20.0. The van der Waals surface area contributed by atoms with Crippen LogP contribution in [0.1, 0.15) is 24.5 Å². The molecule has 6 heteroatoms. The summed E-state index contributed by atoms with van der Waals surface area (Å²) in [6.45, 7) is 2.00. The van der Waals surface area contributed by atoms with Crippen LogP contribution in [-0.2, 0) is 27.7 Å². The van der Waals surface area contributed by atoms with Gasteiger partial charge in [-0.25, -0.2) is 8.42 Å².